The van der Waals surface area contributed by atoms with Crippen LogP contribution in [0.4, 0.5) is 0 Å². The van der Waals surface area contributed by atoms with E-state index >= 15 is 0 Å². The lowest BCUT2D eigenvalue weighted by molar-refractivity contribution is 0.555. The summed E-state index contributed by atoms with van der Waals surface area (Å²) < 4.78 is 6.72. The lowest BCUT2D eigenvalue weighted by atomic mass is 10.2. The zero-order chi connectivity index (χ0) is 9.42. The molecular weight excluding hydrogens is 394 g/mol. The SMILES string of the molecule is O=c1oc2ccccc2c(I)c1I. The van der Waals surface area contributed by atoms with Crippen molar-refractivity contribution in [3.63, 3.8) is 0 Å². The third-order valence-corrected chi connectivity index (χ3v) is 4.83. The number of hydrogen-bond acceptors (Lipinski definition) is 2. The highest BCUT2D eigenvalue weighted by Crippen LogP contribution is 2.22. The van der Waals surface area contributed by atoms with Gasteiger partial charge in [-0.15, -0.1) is 0 Å². The highest BCUT2D eigenvalue weighted by molar-refractivity contribution is 14.1. The van der Waals surface area contributed by atoms with Crippen molar-refractivity contribution in [3.05, 3.63) is 41.8 Å². The quantitative estimate of drug-likeness (QED) is 0.505. The first-order valence-corrected chi connectivity index (χ1v) is 5.73. The summed E-state index contributed by atoms with van der Waals surface area (Å²) in [5, 5.41) is 0.993. The smallest absolute Gasteiger partial charge is 0.350 e. The average Bonchev–Trinajstić information content (AvgIpc) is 2.15. The molecule has 2 rings (SSSR count). The zero-order valence-corrected chi connectivity index (χ0v) is 10.7. The maximum Gasteiger partial charge on any atom is 0.350 e. The van der Waals surface area contributed by atoms with Gasteiger partial charge in [-0.1, -0.05) is 18.2 Å². The fraction of sp³-hybridized carbons (Fsp3) is 0. The fourth-order valence-electron chi connectivity index (χ4n) is 1.09. The third kappa shape index (κ3) is 1.61. The molecule has 2 aromatic rings. The van der Waals surface area contributed by atoms with Crippen molar-refractivity contribution in [2.45, 2.75) is 0 Å². The van der Waals surface area contributed by atoms with Crippen molar-refractivity contribution in [1.29, 1.82) is 0 Å². The van der Waals surface area contributed by atoms with Gasteiger partial charge in [0.1, 0.15) is 9.15 Å². The van der Waals surface area contributed by atoms with E-state index in [1.807, 2.05) is 40.8 Å². The summed E-state index contributed by atoms with van der Waals surface area (Å²) in [5.41, 5.74) is 0.390. The minimum absolute atomic E-state index is 0.260. The van der Waals surface area contributed by atoms with E-state index in [9.17, 15) is 4.79 Å². The largest absolute Gasteiger partial charge is 0.422 e. The van der Waals surface area contributed by atoms with E-state index in [4.69, 9.17) is 4.42 Å². The van der Waals surface area contributed by atoms with Crippen LogP contribution in [-0.2, 0) is 0 Å². The van der Waals surface area contributed by atoms with E-state index in [0.29, 0.717) is 9.15 Å². The molecule has 1 heterocycles. The van der Waals surface area contributed by atoms with E-state index in [1.165, 1.54) is 0 Å². The molecule has 0 saturated heterocycles. The summed E-state index contributed by atoms with van der Waals surface area (Å²) in [6.07, 6.45) is 0. The van der Waals surface area contributed by atoms with Gasteiger partial charge in [0.05, 0.1) is 0 Å². The van der Waals surface area contributed by atoms with Crippen LogP contribution < -0.4 is 5.63 Å². The van der Waals surface area contributed by atoms with Crippen molar-refractivity contribution in [1.82, 2.24) is 0 Å². The van der Waals surface area contributed by atoms with Gasteiger partial charge in [-0.3, -0.25) is 0 Å². The monoisotopic (exact) mass is 398 g/mol. The van der Waals surface area contributed by atoms with E-state index in [2.05, 4.69) is 22.6 Å². The normalized spacial score (nSPS) is 10.6. The Morgan fingerprint density at radius 1 is 1.08 bits per heavy atom. The Bertz CT molecular complexity index is 516. The van der Waals surface area contributed by atoms with Crippen LogP contribution in [0.3, 0.4) is 0 Å². The van der Waals surface area contributed by atoms with Crippen LogP contribution in [0.2, 0.25) is 0 Å². The van der Waals surface area contributed by atoms with Gasteiger partial charge in [-0.2, -0.15) is 0 Å². The number of halogens is 2. The summed E-state index contributed by atoms with van der Waals surface area (Å²) in [5.74, 6) is 0. The van der Waals surface area contributed by atoms with Crippen molar-refractivity contribution in [2.24, 2.45) is 0 Å². The molecule has 0 radical (unpaired) electrons. The molecule has 1 aromatic heterocycles. The molecule has 0 aliphatic heterocycles. The van der Waals surface area contributed by atoms with Crippen molar-refractivity contribution < 1.29 is 4.42 Å². The number of hydrogen-bond donors (Lipinski definition) is 0. The van der Waals surface area contributed by atoms with Crippen LogP contribution in [-0.4, -0.2) is 0 Å². The third-order valence-electron chi connectivity index (χ3n) is 1.70. The van der Waals surface area contributed by atoms with Gasteiger partial charge in [0.25, 0.3) is 0 Å². The van der Waals surface area contributed by atoms with Crippen LogP contribution >= 0.6 is 45.2 Å². The van der Waals surface area contributed by atoms with E-state index in [-0.39, 0.29) is 5.63 Å². The molecule has 0 bridgehead atoms. The molecule has 0 spiro atoms. The summed E-state index contributed by atoms with van der Waals surface area (Å²) in [6, 6.07) is 7.53. The van der Waals surface area contributed by atoms with Crippen molar-refractivity contribution >= 4 is 56.2 Å². The minimum atomic E-state index is -0.260. The zero-order valence-electron chi connectivity index (χ0n) is 6.38. The second kappa shape index (κ2) is 3.56. The molecule has 13 heavy (non-hydrogen) atoms. The van der Waals surface area contributed by atoms with Crippen molar-refractivity contribution in [2.75, 3.05) is 0 Å². The topological polar surface area (TPSA) is 30.2 Å². The van der Waals surface area contributed by atoms with Gasteiger partial charge in [-0.25, -0.2) is 4.79 Å². The predicted octanol–water partition coefficient (Wildman–Crippen LogP) is 3.00. The second-order valence-electron chi connectivity index (χ2n) is 2.51. The van der Waals surface area contributed by atoms with Crippen LogP contribution in [0, 0.1) is 7.14 Å². The standard InChI is InChI=1S/C9H4I2O2/c10-7-5-3-1-2-4-6(5)13-9(12)8(7)11/h1-4H. The van der Waals surface area contributed by atoms with Gasteiger partial charge < -0.3 is 4.42 Å². The number of fused-ring (bicyclic) bond motifs is 1. The second-order valence-corrected chi connectivity index (χ2v) is 4.67. The molecule has 2 nitrogen and oxygen atoms in total. The Kier molecular flexibility index (Phi) is 2.59. The molecule has 0 atom stereocenters. The number of rotatable bonds is 0. The molecule has 0 aliphatic carbocycles. The van der Waals surface area contributed by atoms with Crippen LogP contribution in [0.25, 0.3) is 11.0 Å². The van der Waals surface area contributed by atoms with Gasteiger partial charge >= 0.3 is 5.63 Å². The Labute approximate surface area is 102 Å². The van der Waals surface area contributed by atoms with Crippen molar-refractivity contribution in [3.8, 4) is 0 Å². The van der Waals surface area contributed by atoms with E-state index in [1.54, 1.807) is 6.07 Å². The lowest BCUT2D eigenvalue weighted by Gasteiger charge is -1.99. The summed E-state index contributed by atoms with van der Waals surface area (Å²) in [6.45, 7) is 0. The molecule has 1 aromatic carbocycles. The van der Waals surface area contributed by atoms with Gasteiger partial charge in [0.2, 0.25) is 0 Å². The summed E-state index contributed by atoms with van der Waals surface area (Å²) in [4.78, 5) is 11.3. The first-order valence-electron chi connectivity index (χ1n) is 3.57. The first kappa shape index (κ1) is 9.45. The average molecular weight is 398 g/mol. The highest BCUT2D eigenvalue weighted by Gasteiger charge is 2.08. The molecule has 0 fully saturated rings. The van der Waals surface area contributed by atoms with Crippen LogP contribution in [0.15, 0.2) is 33.5 Å². The first-order chi connectivity index (χ1) is 6.20. The Hall–Kier alpha value is -0.110. The Morgan fingerprint density at radius 2 is 1.77 bits per heavy atom. The van der Waals surface area contributed by atoms with E-state index < -0.39 is 0 Å². The summed E-state index contributed by atoms with van der Waals surface area (Å²) in [7, 11) is 0. The predicted molar refractivity (Wildman–Crippen MR) is 67.9 cm³/mol. The number of para-hydroxylation sites is 1. The summed E-state index contributed by atoms with van der Waals surface area (Å²) >= 11 is 4.16. The molecular formula is C9H4I2O2. The minimum Gasteiger partial charge on any atom is -0.422 e. The Balaban J connectivity index is 3.02. The van der Waals surface area contributed by atoms with Gasteiger partial charge in [0, 0.05) is 8.96 Å². The molecule has 0 saturated carbocycles. The van der Waals surface area contributed by atoms with Crippen LogP contribution in [0.1, 0.15) is 0 Å². The molecule has 0 unspecified atom stereocenters. The molecule has 0 aliphatic rings. The Morgan fingerprint density at radius 3 is 2.54 bits per heavy atom. The highest BCUT2D eigenvalue weighted by atomic mass is 127. The molecule has 66 valence electrons. The molecule has 0 N–H and O–H groups in total. The number of benzene rings is 1. The van der Waals surface area contributed by atoms with Gasteiger partial charge in [-0.05, 0) is 51.2 Å². The maximum absolute atomic E-state index is 11.3. The van der Waals surface area contributed by atoms with E-state index in [0.717, 1.165) is 8.96 Å². The maximum atomic E-state index is 11.3. The van der Waals surface area contributed by atoms with Crippen LogP contribution in [0.5, 0.6) is 0 Å². The molecule has 0 amide bonds. The van der Waals surface area contributed by atoms with Gasteiger partial charge in [0.15, 0.2) is 0 Å². The molecule has 4 heteroatoms. The lowest BCUT2D eigenvalue weighted by Crippen LogP contribution is -2.05. The fourth-order valence-corrected chi connectivity index (χ4v) is 2.16.